The fourth-order valence-electron chi connectivity index (χ4n) is 3.05. The number of ether oxygens (including phenoxy) is 2. The maximum Gasteiger partial charge on any atom is 0.175 e. The van der Waals surface area contributed by atoms with E-state index < -0.39 is 0 Å². The smallest absolute Gasteiger partial charge is 0.175 e. The van der Waals surface area contributed by atoms with E-state index in [0.29, 0.717) is 41.3 Å². The summed E-state index contributed by atoms with van der Waals surface area (Å²) in [5.74, 6) is 1.35. The number of halogens is 3. The summed E-state index contributed by atoms with van der Waals surface area (Å²) < 4.78 is 12.7. The van der Waals surface area contributed by atoms with Gasteiger partial charge in [0.05, 0.1) is 11.1 Å². The van der Waals surface area contributed by atoms with Gasteiger partial charge in [-0.2, -0.15) is 0 Å². The van der Waals surface area contributed by atoms with Crippen LogP contribution in [0.1, 0.15) is 36.6 Å². The van der Waals surface area contributed by atoms with E-state index >= 15 is 0 Å². The van der Waals surface area contributed by atoms with Gasteiger partial charge in [-0.15, -0.1) is 0 Å². The molecule has 1 atom stereocenters. The first-order valence-electron chi connectivity index (χ1n) is 9.78. The molecule has 0 aliphatic carbocycles. The van der Waals surface area contributed by atoms with Crippen LogP contribution >= 0.6 is 39.1 Å². The summed E-state index contributed by atoms with van der Waals surface area (Å²) in [6.45, 7) is 5.68. The fourth-order valence-corrected chi connectivity index (χ4v) is 4.11. The highest BCUT2D eigenvalue weighted by Crippen LogP contribution is 2.38. The third-order valence-electron chi connectivity index (χ3n) is 4.67. The van der Waals surface area contributed by atoms with Crippen molar-refractivity contribution < 1.29 is 9.47 Å². The number of hydrogen-bond acceptors (Lipinski definition) is 3. The van der Waals surface area contributed by atoms with Crippen LogP contribution in [-0.4, -0.2) is 6.61 Å². The normalized spacial score (nSPS) is 11.9. The minimum Gasteiger partial charge on any atom is -0.490 e. The molecule has 0 aliphatic rings. The predicted octanol–water partition coefficient (Wildman–Crippen LogP) is 7.58. The van der Waals surface area contributed by atoms with Gasteiger partial charge in [-0.3, -0.25) is 0 Å². The van der Waals surface area contributed by atoms with Crippen LogP contribution in [0.15, 0.2) is 65.1 Å². The Morgan fingerprint density at radius 1 is 1.00 bits per heavy atom. The van der Waals surface area contributed by atoms with E-state index in [4.69, 9.17) is 32.7 Å². The zero-order valence-electron chi connectivity index (χ0n) is 16.9. The molecule has 3 nitrogen and oxygen atoms in total. The van der Waals surface area contributed by atoms with Gasteiger partial charge >= 0.3 is 0 Å². The van der Waals surface area contributed by atoms with Gasteiger partial charge in [-0.25, -0.2) is 0 Å². The molecule has 0 bridgehead atoms. The molecule has 0 saturated carbocycles. The zero-order chi connectivity index (χ0) is 21.5. The fraction of sp³-hybridized carbons (Fsp3) is 0.250. The molecule has 3 aromatic rings. The summed E-state index contributed by atoms with van der Waals surface area (Å²) in [6.07, 6.45) is 0. The molecule has 158 valence electrons. The Morgan fingerprint density at radius 3 is 2.47 bits per heavy atom. The molecule has 30 heavy (non-hydrogen) atoms. The molecule has 0 radical (unpaired) electrons. The first-order valence-corrected chi connectivity index (χ1v) is 11.3. The second-order valence-electron chi connectivity index (χ2n) is 6.88. The third-order valence-corrected chi connectivity index (χ3v) is 5.84. The maximum atomic E-state index is 6.27. The first kappa shape index (κ1) is 23.0. The maximum absolute atomic E-state index is 6.27. The number of hydrogen-bond donors (Lipinski definition) is 1. The Bertz CT molecular complexity index is 982. The molecule has 0 saturated heterocycles. The molecule has 0 unspecified atom stereocenters. The van der Waals surface area contributed by atoms with Gasteiger partial charge < -0.3 is 14.8 Å². The largest absolute Gasteiger partial charge is 0.490 e. The summed E-state index contributed by atoms with van der Waals surface area (Å²) >= 11 is 15.9. The average Bonchev–Trinajstić information content (AvgIpc) is 2.73. The lowest BCUT2D eigenvalue weighted by Gasteiger charge is -2.18. The SMILES string of the molecule is CCOc1cc(CN[C@H](C)c2ccccc2)cc(Br)c1OCc1ccc(Cl)cc1Cl. The van der Waals surface area contributed by atoms with Crippen molar-refractivity contribution in [3.8, 4) is 11.5 Å². The highest BCUT2D eigenvalue weighted by Gasteiger charge is 2.14. The first-order chi connectivity index (χ1) is 14.5. The summed E-state index contributed by atoms with van der Waals surface area (Å²) in [5, 5.41) is 4.73. The Hall–Kier alpha value is -1.72. The minimum atomic E-state index is 0.239. The Kier molecular flexibility index (Phi) is 8.46. The van der Waals surface area contributed by atoms with Gasteiger partial charge in [0.25, 0.3) is 0 Å². The second-order valence-corrected chi connectivity index (χ2v) is 8.57. The third kappa shape index (κ3) is 6.14. The average molecular weight is 509 g/mol. The van der Waals surface area contributed by atoms with Crippen molar-refractivity contribution in [3.05, 3.63) is 91.9 Å². The van der Waals surface area contributed by atoms with Crippen molar-refractivity contribution in [1.82, 2.24) is 5.32 Å². The second kappa shape index (κ2) is 11.1. The lowest BCUT2D eigenvalue weighted by molar-refractivity contribution is 0.267. The van der Waals surface area contributed by atoms with Gasteiger partial charge in [0.1, 0.15) is 6.61 Å². The van der Waals surface area contributed by atoms with Gasteiger partial charge in [0, 0.05) is 28.2 Å². The van der Waals surface area contributed by atoms with E-state index in [-0.39, 0.29) is 6.04 Å². The van der Waals surface area contributed by atoms with E-state index in [1.54, 1.807) is 12.1 Å². The minimum absolute atomic E-state index is 0.239. The number of benzene rings is 3. The molecular weight excluding hydrogens is 485 g/mol. The molecule has 0 heterocycles. The van der Waals surface area contributed by atoms with Gasteiger partial charge in [-0.05, 0) is 65.2 Å². The summed E-state index contributed by atoms with van der Waals surface area (Å²) in [5.41, 5.74) is 3.21. The predicted molar refractivity (Wildman–Crippen MR) is 128 cm³/mol. The Balaban J connectivity index is 1.73. The van der Waals surface area contributed by atoms with Crippen LogP contribution in [0.5, 0.6) is 11.5 Å². The Morgan fingerprint density at radius 2 is 1.77 bits per heavy atom. The van der Waals surface area contributed by atoms with Crippen molar-refractivity contribution in [2.45, 2.75) is 33.0 Å². The number of nitrogens with one attached hydrogen (secondary N) is 1. The highest BCUT2D eigenvalue weighted by molar-refractivity contribution is 9.10. The molecular formula is C24H24BrCl2NO2. The molecule has 0 aromatic heterocycles. The van der Waals surface area contributed by atoms with E-state index in [2.05, 4.69) is 52.4 Å². The molecule has 0 spiro atoms. The highest BCUT2D eigenvalue weighted by atomic mass is 79.9. The van der Waals surface area contributed by atoms with Crippen molar-refractivity contribution in [2.75, 3.05) is 6.61 Å². The van der Waals surface area contributed by atoms with E-state index in [9.17, 15) is 0 Å². The van der Waals surface area contributed by atoms with Gasteiger partial charge in [0.2, 0.25) is 0 Å². The van der Waals surface area contributed by atoms with Crippen LogP contribution in [0, 0.1) is 0 Å². The van der Waals surface area contributed by atoms with Crippen LogP contribution in [0.3, 0.4) is 0 Å². The Labute approximate surface area is 196 Å². The van der Waals surface area contributed by atoms with Crippen LogP contribution in [0.25, 0.3) is 0 Å². The lowest BCUT2D eigenvalue weighted by Crippen LogP contribution is -2.18. The van der Waals surface area contributed by atoms with Crippen LogP contribution in [0.2, 0.25) is 10.0 Å². The van der Waals surface area contributed by atoms with E-state index in [0.717, 1.165) is 15.6 Å². The molecule has 0 aliphatic heterocycles. The van der Waals surface area contributed by atoms with Crippen LogP contribution in [-0.2, 0) is 13.2 Å². The molecule has 3 aromatic carbocycles. The monoisotopic (exact) mass is 507 g/mol. The van der Waals surface area contributed by atoms with Crippen molar-refractivity contribution in [1.29, 1.82) is 0 Å². The summed E-state index contributed by atoms with van der Waals surface area (Å²) in [6, 6.07) is 20.0. The molecule has 0 amide bonds. The molecule has 6 heteroatoms. The van der Waals surface area contributed by atoms with Gasteiger partial charge in [-0.1, -0.05) is 59.6 Å². The lowest BCUT2D eigenvalue weighted by atomic mass is 10.1. The van der Waals surface area contributed by atoms with Crippen molar-refractivity contribution >= 4 is 39.1 Å². The summed E-state index contributed by atoms with van der Waals surface area (Å²) in [7, 11) is 0. The number of rotatable bonds is 9. The topological polar surface area (TPSA) is 30.5 Å². The van der Waals surface area contributed by atoms with Crippen molar-refractivity contribution in [2.24, 2.45) is 0 Å². The van der Waals surface area contributed by atoms with E-state index in [1.807, 2.05) is 31.2 Å². The molecule has 0 fully saturated rings. The van der Waals surface area contributed by atoms with Gasteiger partial charge in [0.15, 0.2) is 11.5 Å². The van der Waals surface area contributed by atoms with Crippen LogP contribution in [0.4, 0.5) is 0 Å². The summed E-state index contributed by atoms with van der Waals surface area (Å²) in [4.78, 5) is 0. The molecule has 1 N–H and O–H groups in total. The molecule has 3 rings (SSSR count). The van der Waals surface area contributed by atoms with Crippen LogP contribution < -0.4 is 14.8 Å². The zero-order valence-corrected chi connectivity index (χ0v) is 20.0. The van der Waals surface area contributed by atoms with E-state index in [1.165, 1.54) is 5.56 Å². The standard InChI is InChI=1S/C24H24BrCl2NO2/c1-3-29-23-12-17(14-28-16(2)18-7-5-4-6-8-18)11-21(25)24(23)30-15-19-9-10-20(26)13-22(19)27/h4-13,16,28H,3,14-15H2,1-2H3/t16-/m1/s1. The van der Waals surface area contributed by atoms with Crippen molar-refractivity contribution in [3.63, 3.8) is 0 Å². The quantitative estimate of drug-likeness (QED) is 0.323.